The molecule has 0 radical (unpaired) electrons. The highest BCUT2D eigenvalue weighted by molar-refractivity contribution is 6.02. The van der Waals surface area contributed by atoms with Crippen molar-refractivity contribution in [2.45, 2.75) is 0 Å². The van der Waals surface area contributed by atoms with Gasteiger partial charge in [-0.15, -0.1) is 0 Å². The molecule has 0 aromatic heterocycles. The van der Waals surface area contributed by atoms with Crippen LogP contribution in [0.25, 0.3) is 65.7 Å². The maximum absolute atomic E-state index is 2.42. The lowest BCUT2D eigenvalue weighted by molar-refractivity contribution is 1.29. The van der Waals surface area contributed by atoms with Crippen LogP contribution in [-0.4, -0.2) is 0 Å². The van der Waals surface area contributed by atoms with Crippen LogP contribution in [0.5, 0.6) is 0 Å². The molecule has 0 aliphatic heterocycles. The average molecular weight is 624 g/mol. The number of rotatable bonds is 6. The van der Waals surface area contributed by atoms with Crippen molar-refractivity contribution in [2.75, 3.05) is 4.90 Å². The lowest BCUT2D eigenvalue weighted by atomic mass is 9.90. The van der Waals surface area contributed by atoms with Crippen molar-refractivity contribution >= 4 is 49.4 Å². The van der Waals surface area contributed by atoms with Gasteiger partial charge in [-0.05, 0) is 109 Å². The molecule has 0 aliphatic rings. The first-order valence-electron chi connectivity index (χ1n) is 16.8. The number of benzene rings is 9. The molecule has 0 amide bonds. The molecule has 9 aromatic carbocycles. The molecule has 0 saturated carbocycles. The molecule has 1 heteroatoms. The van der Waals surface area contributed by atoms with E-state index in [0.717, 1.165) is 17.1 Å². The van der Waals surface area contributed by atoms with E-state index in [1.54, 1.807) is 0 Å². The summed E-state index contributed by atoms with van der Waals surface area (Å²) < 4.78 is 0. The van der Waals surface area contributed by atoms with Crippen LogP contribution < -0.4 is 4.90 Å². The van der Waals surface area contributed by atoms with Gasteiger partial charge in [0.25, 0.3) is 0 Å². The Bertz CT molecular complexity index is 2600. The van der Waals surface area contributed by atoms with Gasteiger partial charge in [-0.3, -0.25) is 0 Å². The fraction of sp³-hybridized carbons (Fsp3) is 0. The van der Waals surface area contributed by atoms with Crippen molar-refractivity contribution in [2.24, 2.45) is 0 Å². The Morgan fingerprint density at radius 2 is 0.776 bits per heavy atom. The molecule has 0 spiro atoms. The highest BCUT2D eigenvalue weighted by atomic mass is 15.1. The van der Waals surface area contributed by atoms with Gasteiger partial charge in [-0.1, -0.05) is 152 Å². The Morgan fingerprint density at radius 1 is 0.265 bits per heavy atom. The summed E-state index contributed by atoms with van der Waals surface area (Å²) in [7, 11) is 0. The van der Waals surface area contributed by atoms with Crippen molar-refractivity contribution < 1.29 is 0 Å². The largest absolute Gasteiger partial charge is 0.310 e. The quantitative estimate of drug-likeness (QED) is 0.178. The van der Waals surface area contributed by atoms with Gasteiger partial charge in [0.15, 0.2) is 0 Å². The Balaban J connectivity index is 1.28. The molecule has 1 nitrogen and oxygen atoms in total. The monoisotopic (exact) mass is 623 g/mol. The van der Waals surface area contributed by atoms with E-state index in [1.165, 1.54) is 65.7 Å². The lowest BCUT2D eigenvalue weighted by Crippen LogP contribution is -2.11. The summed E-state index contributed by atoms with van der Waals surface area (Å²) >= 11 is 0. The van der Waals surface area contributed by atoms with Crippen molar-refractivity contribution in [3.63, 3.8) is 0 Å². The Labute approximate surface area is 287 Å². The van der Waals surface area contributed by atoms with Gasteiger partial charge in [0.05, 0.1) is 5.69 Å². The first-order chi connectivity index (χ1) is 24.3. The van der Waals surface area contributed by atoms with Crippen LogP contribution in [0.3, 0.4) is 0 Å². The van der Waals surface area contributed by atoms with Gasteiger partial charge in [-0.25, -0.2) is 0 Å². The molecule has 0 aliphatic carbocycles. The van der Waals surface area contributed by atoms with E-state index < -0.39 is 0 Å². The molecule has 9 aromatic rings. The molecular weight excluding hydrogens is 591 g/mol. The number of hydrogen-bond donors (Lipinski definition) is 0. The summed E-state index contributed by atoms with van der Waals surface area (Å²) in [6.45, 7) is 0. The second-order valence-corrected chi connectivity index (χ2v) is 12.6. The Hall–Kier alpha value is -6.44. The van der Waals surface area contributed by atoms with Crippen molar-refractivity contribution in [3.8, 4) is 33.4 Å². The fourth-order valence-corrected chi connectivity index (χ4v) is 7.16. The van der Waals surface area contributed by atoms with Crippen molar-refractivity contribution in [1.82, 2.24) is 0 Å². The highest BCUT2D eigenvalue weighted by Crippen LogP contribution is 2.46. The molecule has 0 unspecified atom stereocenters. The standard InChI is InChI=1S/C48H33N/c1-3-12-34(13-4-1)39-24-25-41-33-45(29-28-40(41)30-39)49(44-18-5-2-6-19-44)47-21-11-20-46(42-26-22-35-14-7-9-16-37(35)31-42)48(47)43-27-23-36-15-8-10-17-38(36)32-43/h1-33H. The molecular formula is C48H33N. The lowest BCUT2D eigenvalue weighted by Gasteiger charge is -2.29. The molecule has 0 saturated heterocycles. The number of fused-ring (bicyclic) bond motifs is 3. The summed E-state index contributed by atoms with van der Waals surface area (Å²) in [6, 6.07) is 72.6. The second kappa shape index (κ2) is 12.3. The second-order valence-electron chi connectivity index (χ2n) is 12.6. The zero-order valence-corrected chi connectivity index (χ0v) is 27.0. The van der Waals surface area contributed by atoms with E-state index in [2.05, 4.69) is 205 Å². The first-order valence-corrected chi connectivity index (χ1v) is 16.8. The normalized spacial score (nSPS) is 11.3. The van der Waals surface area contributed by atoms with E-state index in [0.29, 0.717) is 0 Å². The van der Waals surface area contributed by atoms with Crippen LogP contribution in [-0.2, 0) is 0 Å². The maximum atomic E-state index is 2.42. The van der Waals surface area contributed by atoms with Gasteiger partial charge < -0.3 is 4.90 Å². The van der Waals surface area contributed by atoms with Crippen LogP contribution >= 0.6 is 0 Å². The van der Waals surface area contributed by atoms with Crippen molar-refractivity contribution in [3.05, 3.63) is 200 Å². The predicted octanol–water partition coefficient (Wildman–Crippen LogP) is 13.6. The summed E-state index contributed by atoms with van der Waals surface area (Å²) in [5.41, 5.74) is 10.6. The van der Waals surface area contributed by atoms with E-state index >= 15 is 0 Å². The van der Waals surface area contributed by atoms with Gasteiger partial charge in [0.1, 0.15) is 0 Å². The minimum absolute atomic E-state index is 1.11. The molecule has 49 heavy (non-hydrogen) atoms. The number of hydrogen-bond acceptors (Lipinski definition) is 1. The van der Waals surface area contributed by atoms with Crippen LogP contribution in [0.4, 0.5) is 17.1 Å². The Kier molecular flexibility index (Phi) is 7.22. The molecule has 0 heterocycles. The average Bonchev–Trinajstić information content (AvgIpc) is 3.18. The topological polar surface area (TPSA) is 3.24 Å². The molecule has 0 atom stereocenters. The van der Waals surface area contributed by atoms with Gasteiger partial charge in [-0.2, -0.15) is 0 Å². The minimum atomic E-state index is 1.11. The van der Waals surface area contributed by atoms with Crippen LogP contribution in [0, 0.1) is 0 Å². The predicted molar refractivity (Wildman–Crippen MR) is 210 cm³/mol. The van der Waals surface area contributed by atoms with Gasteiger partial charge in [0.2, 0.25) is 0 Å². The number of nitrogens with zero attached hydrogens (tertiary/aromatic N) is 1. The highest BCUT2D eigenvalue weighted by Gasteiger charge is 2.21. The fourth-order valence-electron chi connectivity index (χ4n) is 7.16. The third-order valence-corrected chi connectivity index (χ3v) is 9.59. The van der Waals surface area contributed by atoms with Gasteiger partial charge in [0, 0.05) is 16.9 Å². The summed E-state index contributed by atoms with van der Waals surface area (Å²) in [4.78, 5) is 2.42. The van der Waals surface area contributed by atoms with Gasteiger partial charge >= 0.3 is 0 Å². The smallest absolute Gasteiger partial charge is 0.0546 e. The van der Waals surface area contributed by atoms with Crippen molar-refractivity contribution in [1.29, 1.82) is 0 Å². The summed E-state index contributed by atoms with van der Waals surface area (Å²) in [5, 5.41) is 7.37. The first kappa shape index (κ1) is 28.8. The van der Waals surface area contributed by atoms with E-state index in [4.69, 9.17) is 0 Å². The van der Waals surface area contributed by atoms with E-state index in [-0.39, 0.29) is 0 Å². The molecule has 0 fully saturated rings. The molecule has 0 N–H and O–H groups in total. The summed E-state index contributed by atoms with van der Waals surface area (Å²) in [5.74, 6) is 0. The number of anilines is 3. The molecule has 0 bridgehead atoms. The van der Waals surface area contributed by atoms with Crippen LogP contribution in [0.1, 0.15) is 0 Å². The van der Waals surface area contributed by atoms with Crippen LogP contribution in [0.15, 0.2) is 200 Å². The summed E-state index contributed by atoms with van der Waals surface area (Å²) in [6.07, 6.45) is 0. The zero-order chi connectivity index (χ0) is 32.6. The third kappa shape index (κ3) is 5.42. The van der Waals surface area contributed by atoms with E-state index in [9.17, 15) is 0 Å². The zero-order valence-electron chi connectivity index (χ0n) is 27.0. The number of para-hydroxylation sites is 1. The SMILES string of the molecule is c1ccc(-c2ccc3cc(N(c4ccccc4)c4cccc(-c5ccc6ccccc6c5)c4-c4ccc5ccccc5c4)ccc3c2)cc1. The van der Waals surface area contributed by atoms with Crippen LogP contribution in [0.2, 0.25) is 0 Å². The maximum Gasteiger partial charge on any atom is 0.0546 e. The minimum Gasteiger partial charge on any atom is -0.310 e. The molecule has 9 rings (SSSR count). The van der Waals surface area contributed by atoms with E-state index in [1.807, 2.05) is 0 Å². The Morgan fingerprint density at radius 3 is 1.51 bits per heavy atom. The third-order valence-electron chi connectivity index (χ3n) is 9.59. The molecule has 230 valence electrons.